The van der Waals surface area contributed by atoms with Gasteiger partial charge < -0.3 is 14.4 Å². The minimum atomic E-state index is 0.255. The molecule has 2 aliphatic rings. The highest BCUT2D eigenvalue weighted by atomic mass is 16.5. The number of likely N-dealkylation sites (tertiary alicyclic amines) is 1. The fourth-order valence-electron chi connectivity index (χ4n) is 3.82. The fraction of sp³-hybridized carbons (Fsp3) is 0.667. The Bertz CT molecular complexity index is 512. The van der Waals surface area contributed by atoms with Crippen molar-refractivity contribution in [3.05, 3.63) is 24.5 Å². The van der Waals surface area contributed by atoms with Gasteiger partial charge in [-0.25, -0.2) is 0 Å². The zero-order chi connectivity index (χ0) is 16.1. The highest BCUT2D eigenvalue weighted by Gasteiger charge is 2.44. The highest BCUT2D eigenvalue weighted by molar-refractivity contribution is 5.75. The minimum Gasteiger partial charge on any atom is -0.492 e. The van der Waals surface area contributed by atoms with E-state index in [4.69, 9.17) is 9.47 Å². The lowest BCUT2D eigenvalue weighted by molar-refractivity contribution is -0.137. The molecule has 5 nitrogen and oxygen atoms in total. The lowest BCUT2D eigenvalue weighted by atomic mass is 9.66. The van der Waals surface area contributed by atoms with E-state index in [1.165, 1.54) is 0 Å². The van der Waals surface area contributed by atoms with Crippen molar-refractivity contribution in [1.29, 1.82) is 0 Å². The van der Waals surface area contributed by atoms with Crippen molar-refractivity contribution >= 4 is 5.91 Å². The Balaban J connectivity index is 1.61. The van der Waals surface area contributed by atoms with Gasteiger partial charge in [0, 0.05) is 38.2 Å². The van der Waals surface area contributed by atoms with Crippen LogP contribution >= 0.6 is 0 Å². The maximum absolute atomic E-state index is 11.9. The monoisotopic (exact) mass is 318 g/mol. The van der Waals surface area contributed by atoms with Gasteiger partial charge in [0.25, 0.3) is 0 Å². The molecule has 3 heterocycles. The molecule has 0 unspecified atom stereocenters. The number of piperidine rings is 1. The van der Waals surface area contributed by atoms with E-state index in [2.05, 4.69) is 4.98 Å². The molecule has 5 heteroatoms. The maximum Gasteiger partial charge on any atom is 0.222 e. The summed E-state index contributed by atoms with van der Waals surface area (Å²) >= 11 is 0. The van der Waals surface area contributed by atoms with E-state index in [1.54, 1.807) is 12.4 Å². The van der Waals surface area contributed by atoms with Crippen LogP contribution in [0, 0.1) is 11.3 Å². The molecule has 0 N–H and O–H groups in total. The maximum atomic E-state index is 11.9. The molecule has 2 saturated heterocycles. The molecular weight excluding hydrogens is 292 g/mol. The van der Waals surface area contributed by atoms with Gasteiger partial charge in [0.05, 0.1) is 19.4 Å². The Morgan fingerprint density at radius 2 is 2.26 bits per heavy atom. The Morgan fingerprint density at radius 1 is 1.43 bits per heavy atom. The molecule has 1 aromatic rings. The Labute approximate surface area is 138 Å². The van der Waals surface area contributed by atoms with Crippen molar-refractivity contribution in [3.8, 4) is 5.75 Å². The lowest BCUT2D eigenvalue weighted by Crippen LogP contribution is -2.50. The number of carbonyl (C=O) groups is 1. The van der Waals surface area contributed by atoms with Gasteiger partial charge in [0.1, 0.15) is 5.75 Å². The zero-order valence-corrected chi connectivity index (χ0v) is 13.9. The van der Waals surface area contributed by atoms with Crippen molar-refractivity contribution in [1.82, 2.24) is 9.88 Å². The quantitative estimate of drug-likeness (QED) is 0.856. The van der Waals surface area contributed by atoms with Crippen LogP contribution in [0.5, 0.6) is 5.75 Å². The minimum absolute atomic E-state index is 0.255. The molecule has 2 aliphatic heterocycles. The van der Waals surface area contributed by atoms with E-state index >= 15 is 0 Å². The molecule has 126 valence electrons. The van der Waals surface area contributed by atoms with E-state index in [1.807, 2.05) is 24.0 Å². The zero-order valence-electron chi connectivity index (χ0n) is 13.9. The number of ether oxygens (including phenoxy) is 2. The molecule has 1 spiro atoms. The number of aromatic nitrogens is 1. The molecule has 0 saturated carbocycles. The average molecular weight is 318 g/mol. The van der Waals surface area contributed by atoms with Crippen molar-refractivity contribution in [2.45, 2.75) is 32.6 Å². The Kier molecular flexibility index (Phi) is 5.16. The summed E-state index contributed by atoms with van der Waals surface area (Å²) < 4.78 is 11.7. The van der Waals surface area contributed by atoms with Gasteiger partial charge in [0.2, 0.25) is 5.91 Å². The molecule has 23 heavy (non-hydrogen) atoms. The van der Waals surface area contributed by atoms with Crippen LogP contribution in [-0.2, 0) is 9.53 Å². The van der Waals surface area contributed by atoms with Crippen molar-refractivity contribution in [2.24, 2.45) is 11.3 Å². The first kappa shape index (κ1) is 16.2. The van der Waals surface area contributed by atoms with Crippen LogP contribution in [-0.4, -0.2) is 48.7 Å². The first-order chi connectivity index (χ1) is 11.2. The molecule has 0 bridgehead atoms. The van der Waals surface area contributed by atoms with Crippen molar-refractivity contribution < 1.29 is 14.3 Å². The van der Waals surface area contributed by atoms with E-state index in [0.717, 1.165) is 51.3 Å². The van der Waals surface area contributed by atoms with Crippen LogP contribution in [0.25, 0.3) is 0 Å². The molecule has 3 rings (SSSR count). The fourth-order valence-corrected chi connectivity index (χ4v) is 3.82. The number of hydrogen-bond acceptors (Lipinski definition) is 4. The van der Waals surface area contributed by atoms with E-state index in [9.17, 15) is 4.79 Å². The van der Waals surface area contributed by atoms with Crippen LogP contribution in [0.3, 0.4) is 0 Å². The summed E-state index contributed by atoms with van der Waals surface area (Å²) in [6.07, 6.45) is 7.29. The molecule has 1 amide bonds. The van der Waals surface area contributed by atoms with Crippen LogP contribution in [0.4, 0.5) is 0 Å². The summed E-state index contributed by atoms with van der Waals surface area (Å²) in [6, 6.07) is 3.82. The smallest absolute Gasteiger partial charge is 0.222 e. The molecule has 1 atom stereocenters. The number of amides is 1. The molecule has 0 aromatic carbocycles. The SMILES string of the molecule is CCC(=O)N1CCC2(CCOC[C@@H]2COc2cccnc2)CC1. The number of carbonyl (C=O) groups excluding carboxylic acids is 1. The van der Waals surface area contributed by atoms with Gasteiger partial charge in [-0.05, 0) is 36.8 Å². The first-order valence-electron chi connectivity index (χ1n) is 8.62. The summed E-state index contributed by atoms with van der Waals surface area (Å²) in [7, 11) is 0. The van der Waals surface area contributed by atoms with Crippen molar-refractivity contribution in [2.75, 3.05) is 32.9 Å². The van der Waals surface area contributed by atoms with Gasteiger partial charge in [0.15, 0.2) is 0 Å². The predicted octanol–water partition coefficient (Wildman–Crippen LogP) is 2.52. The summed E-state index contributed by atoms with van der Waals surface area (Å²) in [6.45, 7) is 5.92. The van der Waals surface area contributed by atoms with Gasteiger partial charge in [-0.2, -0.15) is 0 Å². The Hall–Kier alpha value is -1.62. The standard InChI is InChI=1S/C18H26N2O3/c1-2-17(21)20-9-5-18(6-10-20)7-11-22-13-15(18)14-23-16-4-3-8-19-12-16/h3-4,8,12,15H,2,5-7,9-11,13-14H2,1H3/t15-/m1/s1. The number of pyridine rings is 1. The average Bonchev–Trinajstić information content (AvgIpc) is 2.62. The summed E-state index contributed by atoms with van der Waals surface area (Å²) in [5.74, 6) is 1.47. The van der Waals surface area contributed by atoms with E-state index < -0.39 is 0 Å². The van der Waals surface area contributed by atoms with Gasteiger partial charge in [-0.1, -0.05) is 6.92 Å². The molecule has 0 aliphatic carbocycles. The normalized spacial score (nSPS) is 23.7. The third kappa shape index (κ3) is 3.66. The van der Waals surface area contributed by atoms with Crippen molar-refractivity contribution in [3.63, 3.8) is 0 Å². The van der Waals surface area contributed by atoms with Crippen LogP contribution in [0.1, 0.15) is 32.6 Å². The second-order valence-electron chi connectivity index (χ2n) is 6.62. The second kappa shape index (κ2) is 7.30. The molecular formula is C18H26N2O3. The lowest BCUT2D eigenvalue weighted by Gasteiger charge is -2.48. The summed E-state index contributed by atoms with van der Waals surface area (Å²) in [4.78, 5) is 18.0. The Morgan fingerprint density at radius 3 is 2.96 bits per heavy atom. The number of nitrogens with zero attached hydrogens (tertiary/aromatic N) is 2. The van der Waals surface area contributed by atoms with Crippen LogP contribution in [0.2, 0.25) is 0 Å². The highest BCUT2D eigenvalue weighted by Crippen LogP contribution is 2.44. The van der Waals surface area contributed by atoms with Crippen LogP contribution in [0.15, 0.2) is 24.5 Å². The van der Waals surface area contributed by atoms with Gasteiger partial charge in [-0.15, -0.1) is 0 Å². The largest absolute Gasteiger partial charge is 0.492 e. The number of rotatable bonds is 4. The predicted molar refractivity (Wildman–Crippen MR) is 87.2 cm³/mol. The molecule has 1 aromatic heterocycles. The topological polar surface area (TPSA) is 51.7 Å². The number of hydrogen-bond donors (Lipinski definition) is 0. The first-order valence-corrected chi connectivity index (χ1v) is 8.62. The second-order valence-corrected chi connectivity index (χ2v) is 6.62. The van der Waals surface area contributed by atoms with E-state index in [-0.39, 0.29) is 11.3 Å². The van der Waals surface area contributed by atoms with Gasteiger partial charge >= 0.3 is 0 Å². The van der Waals surface area contributed by atoms with Crippen LogP contribution < -0.4 is 4.74 Å². The third-order valence-electron chi connectivity index (χ3n) is 5.43. The molecule has 0 radical (unpaired) electrons. The summed E-state index contributed by atoms with van der Waals surface area (Å²) in [5.41, 5.74) is 0.255. The molecule has 2 fully saturated rings. The van der Waals surface area contributed by atoms with E-state index in [0.29, 0.717) is 18.9 Å². The van der Waals surface area contributed by atoms with Gasteiger partial charge in [-0.3, -0.25) is 9.78 Å². The third-order valence-corrected chi connectivity index (χ3v) is 5.43. The summed E-state index contributed by atoms with van der Waals surface area (Å²) in [5, 5.41) is 0.